The van der Waals surface area contributed by atoms with Crippen LogP contribution < -0.4 is 0 Å². The summed E-state index contributed by atoms with van der Waals surface area (Å²) in [5.74, 6) is 0. The molecule has 0 heterocycles. The maximum absolute atomic E-state index is 5.44. The lowest BCUT2D eigenvalue weighted by molar-refractivity contribution is -0.183. The molecule has 0 fully saturated rings. The van der Waals surface area contributed by atoms with Crippen molar-refractivity contribution >= 4 is 0 Å². The molecule has 11 heavy (non-hydrogen) atoms. The van der Waals surface area contributed by atoms with Crippen LogP contribution in [0.4, 0.5) is 0 Å². The molecule has 0 N–H and O–H groups in total. The predicted molar refractivity (Wildman–Crippen MR) is 47.9 cm³/mol. The molecule has 0 aromatic rings. The van der Waals surface area contributed by atoms with Gasteiger partial charge in [-0.2, -0.15) is 0 Å². The minimum Gasteiger partial charge on any atom is -0.269 e. The molecule has 0 amide bonds. The van der Waals surface area contributed by atoms with Crippen molar-refractivity contribution in [3.05, 3.63) is 24.9 Å². The third-order valence-electron chi connectivity index (χ3n) is 0.850. The van der Waals surface area contributed by atoms with Crippen LogP contribution in [-0.4, -0.2) is 17.7 Å². The summed E-state index contributed by atoms with van der Waals surface area (Å²) in [5.41, 5.74) is -0.139. The van der Waals surface area contributed by atoms with E-state index in [1.807, 2.05) is 40.1 Å². The molecule has 2 nitrogen and oxygen atoms in total. The van der Waals surface area contributed by atoms with E-state index < -0.39 is 0 Å². The number of allylic oxidation sites excluding steroid dienone is 2. The van der Waals surface area contributed by atoms with E-state index in [0.29, 0.717) is 0 Å². The Hall–Kier alpha value is -0.760. The molecule has 0 radical (unpaired) electrons. The normalized spacial score (nSPS) is 12.0. The standard InChI is InChI=1S/C9H17NO/c1-6-7-8-10(5)11-9(2,3)4/h6-8H,1H2,2-5H3/b8-7-. The average Bonchev–Trinajstić information content (AvgIpc) is 1.79. The third-order valence-corrected chi connectivity index (χ3v) is 0.850. The maximum atomic E-state index is 5.44. The summed E-state index contributed by atoms with van der Waals surface area (Å²) < 4.78 is 0. The van der Waals surface area contributed by atoms with E-state index in [0.717, 1.165) is 0 Å². The SMILES string of the molecule is C=C/C=C\N(C)OC(C)(C)C. The molecule has 0 aromatic carbocycles. The Labute approximate surface area is 69.1 Å². The molecule has 0 aliphatic heterocycles. The number of hydrogen-bond acceptors (Lipinski definition) is 2. The van der Waals surface area contributed by atoms with E-state index in [2.05, 4.69) is 6.58 Å². The number of nitrogens with zero attached hydrogens (tertiary/aromatic N) is 1. The van der Waals surface area contributed by atoms with Crippen LogP contribution in [0.2, 0.25) is 0 Å². The first-order valence-corrected chi connectivity index (χ1v) is 3.67. The molecule has 0 saturated heterocycles. The lowest BCUT2D eigenvalue weighted by Crippen LogP contribution is -2.27. The van der Waals surface area contributed by atoms with Gasteiger partial charge in [-0.25, -0.2) is 0 Å². The zero-order valence-electron chi connectivity index (χ0n) is 7.79. The highest BCUT2D eigenvalue weighted by Crippen LogP contribution is 2.08. The summed E-state index contributed by atoms with van der Waals surface area (Å²) in [6, 6.07) is 0. The number of hydroxylamine groups is 2. The fraction of sp³-hybridized carbons (Fsp3) is 0.556. The summed E-state index contributed by atoms with van der Waals surface area (Å²) in [7, 11) is 1.85. The van der Waals surface area contributed by atoms with Crippen molar-refractivity contribution in [3.8, 4) is 0 Å². The Morgan fingerprint density at radius 1 is 1.36 bits per heavy atom. The van der Waals surface area contributed by atoms with Crippen molar-refractivity contribution in [2.75, 3.05) is 7.05 Å². The van der Waals surface area contributed by atoms with E-state index in [-0.39, 0.29) is 5.60 Å². The lowest BCUT2D eigenvalue weighted by atomic mass is 10.2. The monoisotopic (exact) mass is 155 g/mol. The Morgan fingerprint density at radius 2 is 1.91 bits per heavy atom. The van der Waals surface area contributed by atoms with Crippen LogP contribution in [0.3, 0.4) is 0 Å². The lowest BCUT2D eigenvalue weighted by Gasteiger charge is -2.25. The molecule has 0 rings (SSSR count). The van der Waals surface area contributed by atoms with Gasteiger partial charge < -0.3 is 0 Å². The molecular formula is C9H17NO. The highest BCUT2D eigenvalue weighted by molar-refractivity contribution is 4.95. The van der Waals surface area contributed by atoms with Gasteiger partial charge in [-0.3, -0.25) is 9.90 Å². The largest absolute Gasteiger partial charge is 0.269 e. The van der Waals surface area contributed by atoms with Crippen LogP contribution >= 0.6 is 0 Å². The summed E-state index contributed by atoms with van der Waals surface area (Å²) in [5, 5.41) is 1.67. The van der Waals surface area contributed by atoms with Crippen molar-refractivity contribution in [2.24, 2.45) is 0 Å². The van der Waals surface area contributed by atoms with E-state index in [1.54, 1.807) is 11.1 Å². The highest BCUT2D eigenvalue weighted by Gasteiger charge is 2.11. The summed E-state index contributed by atoms with van der Waals surface area (Å²) in [6.45, 7) is 9.58. The molecule has 0 aromatic heterocycles. The van der Waals surface area contributed by atoms with Gasteiger partial charge in [-0.15, -0.1) is 0 Å². The first kappa shape index (κ1) is 10.2. The zero-order chi connectivity index (χ0) is 8.91. The molecule has 0 unspecified atom stereocenters. The van der Waals surface area contributed by atoms with E-state index in [1.165, 1.54) is 0 Å². The van der Waals surface area contributed by atoms with Crippen LogP contribution in [0, 0.1) is 0 Å². The highest BCUT2D eigenvalue weighted by atomic mass is 16.7. The van der Waals surface area contributed by atoms with Gasteiger partial charge in [0.2, 0.25) is 0 Å². The Bertz CT molecular complexity index is 144. The van der Waals surface area contributed by atoms with Crippen LogP contribution in [0.15, 0.2) is 24.9 Å². The molecule has 0 saturated carbocycles. The van der Waals surface area contributed by atoms with Gasteiger partial charge in [0, 0.05) is 13.2 Å². The Morgan fingerprint density at radius 3 is 2.27 bits per heavy atom. The Kier molecular flexibility index (Phi) is 3.90. The van der Waals surface area contributed by atoms with Crippen molar-refractivity contribution < 1.29 is 4.84 Å². The molecule has 0 spiro atoms. The summed E-state index contributed by atoms with van der Waals surface area (Å²) >= 11 is 0. The average molecular weight is 155 g/mol. The minimum absolute atomic E-state index is 0.139. The Balaban J connectivity index is 3.78. The molecular weight excluding hydrogens is 138 g/mol. The van der Waals surface area contributed by atoms with Crippen molar-refractivity contribution in [2.45, 2.75) is 26.4 Å². The minimum atomic E-state index is -0.139. The molecule has 2 heteroatoms. The second kappa shape index (κ2) is 4.19. The fourth-order valence-corrected chi connectivity index (χ4v) is 0.644. The van der Waals surface area contributed by atoms with Crippen molar-refractivity contribution in [3.63, 3.8) is 0 Å². The second-order valence-electron chi connectivity index (χ2n) is 3.33. The van der Waals surface area contributed by atoms with Gasteiger partial charge in [0.1, 0.15) is 0 Å². The van der Waals surface area contributed by atoms with Crippen molar-refractivity contribution in [1.29, 1.82) is 0 Å². The maximum Gasteiger partial charge on any atom is 0.0878 e. The van der Waals surface area contributed by atoms with Gasteiger partial charge in [-0.05, 0) is 26.8 Å². The molecule has 64 valence electrons. The quantitative estimate of drug-likeness (QED) is 0.458. The predicted octanol–water partition coefficient (Wildman–Crippen LogP) is 2.35. The fourth-order valence-electron chi connectivity index (χ4n) is 0.644. The first-order valence-electron chi connectivity index (χ1n) is 3.67. The van der Waals surface area contributed by atoms with Crippen LogP contribution in [0.5, 0.6) is 0 Å². The van der Waals surface area contributed by atoms with Gasteiger partial charge in [0.15, 0.2) is 0 Å². The summed E-state index contributed by atoms with van der Waals surface area (Å²) in [4.78, 5) is 5.44. The van der Waals surface area contributed by atoms with E-state index in [9.17, 15) is 0 Å². The third kappa shape index (κ3) is 7.13. The van der Waals surface area contributed by atoms with E-state index in [4.69, 9.17) is 4.84 Å². The van der Waals surface area contributed by atoms with Gasteiger partial charge in [-0.1, -0.05) is 12.7 Å². The van der Waals surface area contributed by atoms with Gasteiger partial charge >= 0.3 is 0 Å². The summed E-state index contributed by atoms with van der Waals surface area (Å²) in [6.07, 6.45) is 5.35. The first-order chi connectivity index (χ1) is 4.95. The van der Waals surface area contributed by atoms with Gasteiger partial charge in [0.05, 0.1) is 5.60 Å². The van der Waals surface area contributed by atoms with Crippen molar-refractivity contribution in [1.82, 2.24) is 5.06 Å². The zero-order valence-corrected chi connectivity index (χ0v) is 7.79. The van der Waals surface area contributed by atoms with Crippen LogP contribution in [0.25, 0.3) is 0 Å². The topological polar surface area (TPSA) is 12.5 Å². The van der Waals surface area contributed by atoms with Crippen LogP contribution in [-0.2, 0) is 4.84 Å². The number of hydrogen-bond donors (Lipinski definition) is 0. The van der Waals surface area contributed by atoms with Crippen LogP contribution in [0.1, 0.15) is 20.8 Å². The number of rotatable bonds is 3. The molecule has 0 aliphatic carbocycles. The molecule has 0 atom stereocenters. The van der Waals surface area contributed by atoms with Gasteiger partial charge in [0.25, 0.3) is 0 Å². The molecule has 0 aliphatic rings. The second-order valence-corrected chi connectivity index (χ2v) is 3.33. The van der Waals surface area contributed by atoms with E-state index >= 15 is 0 Å². The smallest absolute Gasteiger partial charge is 0.0878 e. The molecule has 0 bridgehead atoms.